The van der Waals surface area contributed by atoms with Crippen molar-refractivity contribution >= 4 is 10.0 Å². The summed E-state index contributed by atoms with van der Waals surface area (Å²) in [5.74, 6) is 1.84. The highest BCUT2D eigenvalue weighted by molar-refractivity contribution is 7.89. The Morgan fingerprint density at radius 1 is 1.13 bits per heavy atom. The second kappa shape index (κ2) is 8.60. The number of piperidine rings is 1. The molecule has 0 aliphatic carbocycles. The van der Waals surface area contributed by atoms with Crippen LogP contribution in [-0.2, 0) is 10.0 Å². The van der Waals surface area contributed by atoms with Crippen LogP contribution in [0.2, 0.25) is 0 Å². The van der Waals surface area contributed by atoms with E-state index in [0.29, 0.717) is 41.9 Å². The van der Waals surface area contributed by atoms with Gasteiger partial charge in [-0.3, -0.25) is 0 Å². The molecule has 11 heteroatoms. The van der Waals surface area contributed by atoms with E-state index >= 15 is 0 Å². The lowest BCUT2D eigenvalue weighted by Crippen LogP contribution is -2.39. The maximum absolute atomic E-state index is 13.4. The SMILES string of the molecule is COc1ccc(OC)c(S(=O)(=O)N2CCCC(c3nnc(-c4cnc(C)nc4)o3)C2)c1. The summed E-state index contributed by atoms with van der Waals surface area (Å²) < 4.78 is 44.5. The van der Waals surface area contributed by atoms with Crippen molar-refractivity contribution in [1.82, 2.24) is 24.5 Å². The first-order chi connectivity index (χ1) is 14.9. The van der Waals surface area contributed by atoms with Crippen LogP contribution in [0.1, 0.15) is 30.5 Å². The van der Waals surface area contributed by atoms with Gasteiger partial charge in [-0.1, -0.05) is 0 Å². The van der Waals surface area contributed by atoms with Crippen LogP contribution in [0.4, 0.5) is 0 Å². The molecule has 2 aromatic heterocycles. The average Bonchev–Trinajstić information content (AvgIpc) is 3.29. The summed E-state index contributed by atoms with van der Waals surface area (Å²) in [7, 11) is -0.883. The highest BCUT2D eigenvalue weighted by Crippen LogP contribution is 2.35. The van der Waals surface area contributed by atoms with Gasteiger partial charge in [-0.25, -0.2) is 18.4 Å². The summed E-state index contributed by atoms with van der Waals surface area (Å²) in [4.78, 5) is 8.34. The molecule has 3 heterocycles. The van der Waals surface area contributed by atoms with E-state index < -0.39 is 10.0 Å². The fourth-order valence-corrected chi connectivity index (χ4v) is 5.20. The smallest absolute Gasteiger partial charge is 0.250 e. The minimum absolute atomic E-state index is 0.0676. The third-order valence-corrected chi connectivity index (χ3v) is 7.08. The molecule has 164 valence electrons. The number of benzene rings is 1. The number of aryl methyl sites for hydroxylation is 1. The minimum Gasteiger partial charge on any atom is -0.497 e. The van der Waals surface area contributed by atoms with Crippen LogP contribution in [-0.4, -0.2) is 60.2 Å². The van der Waals surface area contributed by atoms with Crippen molar-refractivity contribution in [2.75, 3.05) is 27.3 Å². The Morgan fingerprint density at radius 2 is 1.90 bits per heavy atom. The van der Waals surface area contributed by atoms with Crippen LogP contribution in [0.15, 0.2) is 39.9 Å². The van der Waals surface area contributed by atoms with E-state index in [1.807, 2.05) is 0 Å². The molecule has 1 aliphatic heterocycles. The van der Waals surface area contributed by atoms with Gasteiger partial charge >= 0.3 is 0 Å². The zero-order chi connectivity index (χ0) is 22.0. The van der Waals surface area contributed by atoms with Crippen molar-refractivity contribution in [3.05, 3.63) is 42.3 Å². The Labute approximate surface area is 180 Å². The normalized spacial score (nSPS) is 17.5. The molecule has 1 aliphatic rings. The van der Waals surface area contributed by atoms with E-state index in [-0.39, 0.29) is 23.1 Å². The lowest BCUT2D eigenvalue weighted by Gasteiger charge is -2.30. The predicted octanol–water partition coefficient (Wildman–Crippen LogP) is 2.42. The van der Waals surface area contributed by atoms with Gasteiger partial charge in [-0.15, -0.1) is 10.2 Å². The van der Waals surface area contributed by atoms with Crippen LogP contribution in [0.3, 0.4) is 0 Å². The maximum Gasteiger partial charge on any atom is 0.250 e. The lowest BCUT2D eigenvalue weighted by molar-refractivity contribution is 0.285. The van der Waals surface area contributed by atoms with Crippen molar-refractivity contribution in [2.45, 2.75) is 30.6 Å². The molecule has 0 radical (unpaired) electrons. The fourth-order valence-electron chi connectivity index (χ4n) is 3.51. The first-order valence-electron chi connectivity index (χ1n) is 9.77. The van der Waals surface area contributed by atoms with E-state index in [9.17, 15) is 8.42 Å². The number of sulfonamides is 1. The Kier molecular flexibility index (Phi) is 5.88. The van der Waals surface area contributed by atoms with Gasteiger partial charge in [0.05, 0.1) is 25.7 Å². The van der Waals surface area contributed by atoms with Gasteiger partial charge < -0.3 is 13.9 Å². The molecule has 3 aromatic rings. The molecule has 0 spiro atoms. The molecular weight excluding hydrogens is 422 g/mol. The zero-order valence-electron chi connectivity index (χ0n) is 17.5. The van der Waals surface area contributed by atoms with Crippen LogP contribution in [0.25, 0.3) is 11.5 Å². The first kappa shape index (κ1) is 21.2. The quantitative estimate of drug-likeness (QED) is 0.563. The molecule has 0 bridgehead atoms. The molecule has 0 N–H and O–H groups in total. The second-order valence-electron chi connectivity index (χ2n) is 7.18. The third-order valence-electron chi connectivity index (χ3n) is 5.19. The first-order valence-corrected chi connectivity index (χ1v) is 11.2. The van der Waals surface area contributed by atoms with E-state index in [1.54, 1.807) is 31.5 Å². The summed E-state index contributed by atoms with van der Waals surface area (Å²) in [6, 6.07) is 4.71. The molecule has 10 nitrogen and oxygen atoms in total. The second-order valence-corrected chi connectivity index (χ2v) is 9.09. The summed E-state index contributed by atoms with van der Waals surface area (Å²) >= 11 is 0. The number of nitrogens with zero attached hydrogens (tertiary/aromatic N) is 5. The number of ether oxygens (including phenoxy) is 2. The number of hydrogen-bond acceptors (Lipinski definition) is 9. The number of aromatic nitrogens is 4. The van der Waals surface area contributed by atoms with Crippen molar-refractivity contribution in [2.24, 2.45) is 0 Å². The van der Waals surface area contributed by atoms with Gasteiger partial charge in [0.15, 0.2) is 0 Å². The van der Waals surface area contributed by atoms with Crippen molar-refractivity contribution in [3.8, 4) is 23.0 Å². The molecular formula is C20H23N5O5S. The van der Waals surface area contributed by atoms with Gasteiger partial charge in [0, 0.05) is 31.5 Å². The fraction of sp³-hybridized carbons (Fsp3) is 0.400. The van der Waals surface area contributed by atoms with Crippen LogP contribution in [0, 0.1) is 6.92 Å². The van der Waals surface area contributed by atoms with Crippen molar-refractivity contribution < 1.29 is 22.3 Å². The largest absolute Gasteiger partial charge is 0.497 e. The van der Waals surface area contributed by atoms with Gasteiger partial charge in [-0.2, -0.15) is 4.31 Å². The molecule has 31 heavy (non-hydrogen) atoms. The predicted molar refractivity (Wildman–Crippen MR) is 110 cm³/mol. The lowest BCUT2D eigenvalue weighted by atomic mass is 10.00. The minimum atomic E-state index is -3.81. The van der Waals surface area contributed by atoms with E-state index in [0.717, 1.165) is 6.42 Å². The topological polar surface area (TPSA) is 121 Å². The maximum atomic E-state index is 13.4. The molecule has 1 fully saturated rings. The van der Waals surface area contributed by atoms with Gasteiger partial charge in [0.25, 0.3) is 5.89 Å². The number of rotatable bonds is 6. The van der Waals surface area contributed by atoms with Crippen LogP contribution < -0.4 is 9.47 Å². The number of methoxy groups -OCH3 is 2. The number of hydrogen-bond donors (Lipinski definition) is 0. The zero-order valence-corrected chi connectivity index (χ0v) is 18.3. The third kappa shape index (κ3) is 4.23. The Balaban J connectivity index is 1.58. The highest BCUT2D eigenvalue weighted by atomic mass is 32.2. The highest BCUT2D eigenvalue weighted by Gasteiger charge is 2.35. The molecule has 0 saturated carbocycles. The van der Waals surface area contributed by atoms with Gasteiger partial charge in [0.2, 0.25) is 15.9 Å². The molecule has 4 rings (SSSR count). The monoisotopic (exact) mass is 445 g/mol. The summed E-state index contributed by atoms with van der Waals surface area (Å²) in [5, 5.41) is 8.24. The van der Waals surface area contributed by atoms with E-state index in [4.69, 9.17) is 13.9 Å². The molecule has 0 amide bonds. The molecule has 1 atom stereocenters. The average molecular weight is 446 g/mol. The standard InChI is InChI=1S/C20H23N5O5S/c1-13-21-10-15(11-22-13)20-24-23-19(30-20)14-5-4-8-25(12-14)31(26,27)18-9-16(28-2)6-7-17(18)29-3/h6-7,9-11,14H,4-5,8,12H2,1-3H3. The summed E-state index contributed by atoms with van der Waals surface area (Å²) in [6.07, 6.45) is 4.65. The van der Waals surface area contributed by atoms with Crippen molar-refractivity contribution in [3.63, 3.8) is 0 Å². The van der Waals surface area contributed by atoms with E-state index in [1.165, 1.54) is 24.6 Å². The Bertz CT molecular complexity index is 1160. The van der Waals surface area contributed by atoms with Crippen molar-refractivity contribution in [1.29, 1.82) is 0 Å². The summed E-state index contributed by atoms with van der Waals surface area (Å²) in [6.45, 7) is 2.41. The van der Waals surface area contributed by atoms with Gasteiger partial charge in [-0.05, 0) is 31.9 Å². The molecule has 1 aromatic carbocycles. The Hall–Kier alpha value is -3.05. The molecule has 1 unspecified atom stereocenters. The summed E-state index contributed by atoms with van der Waals surface area (Å²) in [5.41, 5.74) is 0.616. The Morgan fingerprint density at radius 3 is 2.61 bits per heavy atom. The van der Waals surface area contributed by atoms with Crippen LogP contribution in [0.5, 0.6) is 11.5 Å². The van der Waals surface area contributed by atoms with Crippen LogP contribution >= 0.6 is 0 Å². The van der Waals surface area contributed by atoms with Gasteiger partial charge in [0.1, 0.15) is 22.2 Å². The molecule has 1 saturated heterocycles. The van der Waals surface area contributed by atoms with E-state index in [2.05, 4.69) is 20.2 Å².